The zero-order chi connectivity index (χ0) is 57.7. The summed E-state index contributed by atoms with van der Waals surface area (Å²) in [7, 11) is 0. The van der Waals surface area contributed by atoms with E-state index in [0.717, 1.165) is 90.3 Å². The Hall–Kier alpha value is -6.57. The van der Waals surface area contributed by atoms with Gasteiger partial charge in [0.05, 0.1) is 30.1 Å². The summed E-state index contributed by atoms with van der Waals surface area (Å²) < 4.78 is 15.0. The third kappa shape index (κ3) is 17.0. The molecule has 2 saturated heterocycles. The van der Waals surface area contributed by atoms with Crippen LogP contribution in [0.25, 0.3) is 0 Å². The van der Waals surface area contributed by atoms with Crippen molar-refractivity contribution >= 4 is 58.8 Å². The first-order valence-electron chi connectivity index (χ1n) is 27.8. The minimum absolute atomic E-state index is 0.0890. The Bertz CT molecular complexity index is 3060. The Labute approximate surface area is 490 Å². The van der Waals surface area contributed by atoms with Gasteiger partial charge in [0.25, 0.3) is 0 Å². The molecule has 4 aromatic heterocycles. The van der Waals surface area contributed by atoms with E-state index in [1.165, 1.54) is 11.1 Å². The van der Waals surface area contributed by atoms with Crippen LogP contribution in [-0.4, -0.2) is 143 Å². The first-order chi connectivity index (χ1) is 38.8. The van der Waals surface area contributed by atoms with Crippen LogP contribution < -0.4 is 16.0 Å². The summed E-state index contributed by atoms with van der Waals surface area (Å²) in [5, 5.41) is 10.5. The van der Waals surface area contributed by atoms with Gasteiger partial charge in [-0.2, -0.15) is 0 Å². The maximum Gasteiger partial charge on any atom is 0.410 e. The Morgan fingerprint density at radius 3 is 1.72 bits per heavy atom. The number of carbonyl (C=O) groups is 4. The van der Waals surface area contributed by atoms with Gasteiger partial charge in [-0.1, -0.05) is 47.5 Å². The molecule has 81 heavy (non-hydrogen) atoms. The molecule has 2 aromatic carbocycles. The van der Waals surface area contributed by atoms with Gasteiger partial charge < -0.3 is 44.4 Å². The lowest BCUT2D eigenvalue weighted by molar-refractivity contribution is -0.129. The van der Waals surface area contributed by atoms with Crippen LogP contribution >= 0.6 is 34.8 Å². The Kier molecular flexibility index (Phi) is 20.9. The van der Waals surface area contributed by atoms with E-state index < -0.39 is 29.4 Å². The molecule has 3 N–H and O–H groups in total. The average molecular weight is 1170 g/mol. The lowest BCUT2D eigenvalue weighted by Gasteiger charge is -2.44. The highest BCUT2D eigenvalue weighted by molar-refractivity contribution is 6.31. The maximum absolute atomic E-state index is 13.8. The Morgan fingerprint density at radius 1 is 0.630 bits per heavy atom. The van der Waals surface area contributed by atoms with Crippen molar-refractivity contribution in [3.8, 4) is 0 Å². The second-order valence-electron chi connectivity index (χ2n) is 22.6. The number of carbonyl (C=O) groups excluding carboxylic acids is 4. The molecule has 0 saturated carbocycles. The van der Waals surface area contributed by atoms with E-state index in [1.807, 2.05) is 112 Å². The van der Waals surface area contributed by atoms with Crippen LogP contribution in [0, 0.1) is 0 Å². The monoisotopic (exact) mass is 1160 g/mol. The van der Waals surface area contributed by atoms with Gasteiger partial charge in [-0.15, -0.1) is 11.6 Å². The van der Waals surface area contributed by atoms with Crippen molar-refractivity contribution in [1.29, 1.82) is 0 Å². The first-order valence-corrected chi connectivity index (χ1v) is 29.0. The summed E-state index contributed by atoms with van der Waals surface area (Å²) in [5.41, 5.74) is 7.80. The van der Waals surface area contributed by atoms with Gasteiger partial charge in [0.2, 0.25) is 11.8 Å². The first kappa shape index (κ1) is 60.5. The number of rotatable bonds is 11. The number of imidazole rings is 2. The van der Waals surface area contributed by atoms with Crippen molar-refractivity contribution in [2.75, 3.05) is 52.4 Å². The van der Waals surface area contributed by atoms with E-state index in [9.17, 15) is 19.2 Å². The molecule has 0 bridgehead atoms. The minimum atomic E-state index is -0.623. The van der Waals surface area contributed by atoms with Gasteiger partial charge in [0.1, 0.15) is 28.7 Å². The molecule has 2 aliphatic carbocycles. The number of nitrogens with one attached hydrogen (secondary N) is 3. The number of amides is 4. The van der Waals surface area contributed by atoms with Crippen LogP contribution in [0.15, 0.2) is 110 Å². The molecule has 2 unspecified atom stereocenters. The number of benzene rings is 2. The van der Waals surface area contributed by atoms with Gasteiger partial charge in [-0.3, -0.25) is 24.5 Å². The maximum atomic E-state index is 13.8. The topological polar surface area (TPSA) is 194 Å². The molecule has 2 aliphatic heterocycles. The molecule has 4 atom stereocenters. The van der Waals surface area contributed by atoms with Crippen molar-refractivity contribution in [2.45, 2.75) is 128 Å². The fraction of sp³-hybridized carbons (Fsp3) is 0.467. The van der Waals surface area contributed by atoms with Crippen LogP contribution in [0.2, 0.25) is 10.0 Å². The minimum Gasteiger partial charge on any atom is -0.444 e. The fourth-order valence-electron chi connectivity index (χ4n) is 10.3. The van der Waals surface area contributed by atoms with Crippen LogP contribution in [0.5, 0.6) is 0 Å². The number of aryl methyl sites for hydroxylation is 6. The van der Waals surface area contributed by atoms with E-state index in [-0.39, 0.29) is 35.9 Å². The zero-order valence-corrected chi connectivity index (χ0v) is 49.4. The molecule has 21 heteroatoms. The summed E-state index contributed by atoms with van der Waals surface area (Å²) in [4.78, 5) is 74.0. The molecule has 10 rings (SSSR count). The average Bonchev–Trinajstić information content (AvgIpc) is 4.13. The standard InChI is InChI=1S/C30H37ClN6O3.C16H27N5O3.C14H11Cl2N/c1-30(2,3)40-29(39)36-16-17-37(25(19-36)28(38)34-12-5-14-35-15-13-32-20-35)27-24-10-9-23(31)18-22(24)8-7-21-6-4-11-33-26(21)27;1-16(2,3)24-15(23)21-10-7-18-13(11-21)14(22)19-5-4-8-20-9-6-17-12-20;15-11-5-6-12-10(8-11)4-3-9-2-1-7-17-14(9)13(12)16/h4,6,9-11,13,15,18,20,25,27H,5,7-8,12,14,16-17,19H2,1-3H3,(H,34,38);6,9,12-13,18H,4-5,7-8,10-11H2,1-3H3,(H,19,22);1-2,5-8,13H,3-4H2/t25-,27?;13-;/m11./s1. The van der Waals surface area contributed by atoms with Crippen LogP contribution in [0.3, 0.4) is 0 Å². The lowest BCUT2D eigenvalue weighted by Crippen LogP contribution is -2.61. The van der Waals surface area contributed by atoms with Gasteiger partial charge in [0.15, 0.2) is 0 Å². The molecule has 18 nitrogen and oxygen atoms in total. The number of fused-ring (bicyclic) bond motifs is 4. The number of aromatic nitrogens is 6. The molecule has 6 aromatic rings. The summed E-state index contributed by atoms with van der Waals surface area (Å²) in [6.07, 6.45) is 18.8. The normalized spacial score (nSPS) is 18.8. The number of alkyl halides is 1. The number of ether oxygens (including phenoxy) is 2. The molecule has 6 heterocycles. The molecule has 2 fully saturated rings. The van der Waals surface area contributed by atoms with Crippen molar-refractivity contribution in [1.82, 2.24) is 59.7 Å². The van der Waals surface area contributed by atoms with Crippen molar-refractivity contribution in [3.05, 3.63) is 165 Å². The SMILES string of the molecule is CC(C)(C)OC(=O)N1CCN(C2c3ccc(Cl)cc3CCc3cccnc32)[C@@H](C(=O)NCCCn2ccnc2)C1.CC(C)(C)OC(=O)N1CCN[C@@H](C(=O)NCCCn2ccnc2)C1.Clc1ccc2c(c1)CCc1cccnc1C2Cl. The predicted octanol–water partition coefficient (Wildman–Crippen LogP) is 9.01. The third-order valence-electron chi connectivity index (χ3n) is 14.2. The van der Waals surface area contributed by atoms with Crippen molar-refractivity contribution < 1.29 is 28.7 Å². The lowest BCUT2D eigenvalue weighted by atomic mass is 9.94. The number of hydrogen-bond acceptors (Lipinski definition) is 12. The predicted molar refractivity (Wildman–Crippen MR) is 313 cm³/mol. The molecular formula is C60H75Cl3N12O6. The number of halogens is 3. The van der Waals surface area contributed by atoms with E-state index in [0.29, 0.717) is 50.8 Å². The van der Waals surface area contributed by atoms with E-state index in [4.69, 9.17) is 49.3 Å². The summed E-state index contributed by atoms with van der Waals surface area (Å²) in [6.45, 7) is 16.3. The number of pyridine rings is 2. The quantitative estimate of drug-likeness (QED) is 0.0825. The highest BCUT2D eigenvalue weighted by Gasteiger charge is 2.42. The highest BCUT2D eigenvalue weighted by Crippen LogP contribution is 2.40. The van der Waals surface area contributed by atoms with Crippen molar-refractivity contribution in [3.63, 3.8) is 0 Å². The van der Waals surface area contributed by atoms with Gasteiger partial charge >= 0.3 is 12.2 Å². The molecule has 4 amide bonds. The second kappa shape index (κ2) is 27.9. The van der Waals surface area contributed by atoms with E-state index in [1.54, 1.807) is 41.0 Å². The zero-order valence-electron chi connectivity index (χ0n) is 47.1. The summed E-state index contributed by atoms with van der Waals surface area (Å²) in [6, 6.07) is 18.8. The van der Waals surface area contributed by atoms with E-state index in [2.05, 4.69) is 54.0 Å². The molecule has 0 spiro atoms. The van der Waals surface area contributed by atoms with Crippen LogP contribution in [0.1, 0.15) is 111 Å². The number of nitrogens with zero attached hydrogens (tertiary/aromatic N) is 9. The summed E-state index contributed by atoms with van der Waals surface area (Å²) in [5.74, 6) is -0.204. The fourth-order valence-corrected chi connectivity index (χ4v) is 11.1. The molecule has 0 radical (unpaired) electrons. The molecule has 4 aliphatic rings. The van der Waals surface area contributed by atoms with Gasteiger partial charge in [0, 0.05) is 113 Å². The van der Waals surface area contributed by atoms with Crippen molar-refractivity contribution in [2.24, 2.45) is 0 Å². The number of piperazine rings is 2. The Morgan fingerprint density at radius 2 is 1.15 bits per heavy atom. The van der Waals surface area contributed by atoms with Crippen LogP contribution in [0.4, 0.5) is 9.59 Å². The Balaban J connectivity index is 0.000000177. The van der Waals surface area contributed by atoms with Gasteiger partial charge in [-0.05, 0) is 150 Å². The third-order valence-corrected chi connectivity index (χ3v) is 15.1. The van der Waals surface area contributed by atoms with Crippen LogP contribution in [-0.2, 0) is 57.8 Å². The number of hydrogen-bond donors (Lipinski definition) is 3. The molecular weight excluding hydrogens is 1090 g/mol. The second-order valence-corrected chi connectivity index (χ2v) is 23.9. The largest absolute Gasteiger partial charge is 0.444 e. The molecule has 432 valence electrons. The smallest absolute Gasteiger partial charge is 0.410 e. The highest BCUT2D eigenvalue weighted by atomic mass is 35.5. The van der Waals surface area contributed by atoms with Gasteiger partial charge in [-0.25, -0.2) is 19.6 Å². The summed E-state index contributed by atoms with van der Waals surface area (Å²) >= 11 is 19.0. The van der Waals surface area contributed by atoms with E-state index >= 15 is 0 Å².